The van der Waals surface area contributed by atoms with Crippen molar-refractivity contribution >= 4 is 39.0 Å². The Kier molecular flexibility index (Phi) is 6.61. The Hall–Kier alpha value is -1.61. The number of halogens is 2. The van der Waals surface area contributed by atoms with E-state index in [0.29, 0.717) is 17.1 Å². The molecule has 7 nitrogen and oxygen atoms in total. The SMILES string of the molecule is COc1cc(Br)cc(C)c1NNc1nc(Cl)ncc1C(OC)OC. The fraction of sp³-hybridized carbons (Fsp3) is 0.333. The van der Waals surface area contributed by atoms with Crippen LogP contribution in [0.5, 0.6) is 5.75 Å². The summed E-state index contributed by atoms with van der Waals surface area (Å²) in [5.74, 6) is 1.11. The molecule has 0 unspecified atom stereocenters. The first-order valence-electron chi connectivity index (χ1n) is 6.94. The molecule has 130 valence electrons. The molecule has 9 heteroatoms. The fourth-order valence-corrected chi connectivity index (χ4v) is 2.83. The van der Waals surface area contributed by atoms with Crippen molar-refractivity contribution in [3.63, 3.8) is 0 Å². The monoisotopic (exact) mass is 416 g/mol. The van der Waals surface area contributed by atoms with Gasteiger partial charge in [-0.2, -0.15) is 4.98 Å². The Labute approximate surface area is 153 Å². The van der Waals surface area contributed by atoms with Gasteiger partial charge in [-0.25, -0.2) is 4.98 Å². The maximum Gasteiger partial charge on any atom is 0.224 e. The summed E-state index contributed by atoms with van der Waals surface area (Å²) in [6, 6.07) is 3.82. The Bertz CT molecular complexity index is 713. The number of aryl methyl sites for hydroxylation is 1. The molecule has 2 N–H and O–H groups in total. The van der Waals surface area contributed by atoms with E-state index in [2.05, 4.69) is 36.7 Å². The van der Waals surface area contributed by atoms with Gasteiger partial charge in [-0.15, -0.1) is 0 Å². The number of rotatable bonds is 7. The van der Waals surface area contributed by atoms with Crippen molar-refractivity contribution in [1.82, 2.24) is 9.97 Å². The number of ether oxygens (including phenoxy) is 3. The third-order valence-corrected chi connectivity index (χ3v) is 3.90. The lowest BCUT2D eigenvalue weighted by atomic mass is 10.2. The highest BCUT2D eigenvalue weighted by atomic mass is 79.9. The Morgan fingerprint density at radius 1 is 1.17 bits per heavy atom. The van der Waals surface area contributed by atoms with Gasteiger partial charge < -0.3 is 14.2 Å². The molecular weight excluding hydrogens is 400 g/mol. The minimum Gasteiger partial charge on any atom is -0.494 e. The molecule has 0 fully saturated rings. The van der Waals surface area contributed by atoms with E-state index >= 15 is 0 Å². The van der Waals surface area contributed by atoms with E-state index in [1.165, 1.54) is 14.2 Å². The topological polar surface area (TPSA) is 77.5 Å². The number of benzene rings is 1. The van der Waals surface area contributed by atoms with Crippen molar-refractivity contribution in [3.8, 4) is 5.75 Å². The molecule has 0 radical (unpaired) electrons. The Morgan fingerprint density at radius 3 is 2.50 bits per heavy atom. The summed E-state index contributed by atoms with van der Waals surface area (Å²) in [4.78, 5) is 8.15. The van der Waals surface area contributed by atoms with Crippen LogP contribution in [0.25, 0.3) is 0 Å². The molecule has 24 heavy (non-hydrogen) atoms. The van der Waals surface area contributed by atoms with Crippen molar-refractivity contribution in [2.75, 3.05) is 32.2 Å². The molecule has 0 saturated carbocycles. The lowest BCUT2D eigenvalue weighted by molar-refractivity contribution is -0.105. The normalized spacial score (nSPS) is 10.8. The second-order valence-corrected chi connectivity index (χ2v) is 6.05. The van der Waals surface area contributed by atoms with Crippen molar-refractivity contribution in [2.24, 2.45) is 0 Å². The van der Waals surface area contributed by atoms with Crippen LogP contribution in [0.2, 0.25) is 5.28 Å². The summed E-state index contributed by atoms with van der Waals surface area (Å²) >= 11 is 9.34. The predicted molar refractivity (Wildman–Crippen MR) is 96.5 cm³/mol. The number of nitrogens with zero attached hydrogens (tertiary/aromatic N) is 2. The van der Waals surface area contributed by atoms with Gasteiger partial charge in [0.15, 0.2) is 12.1 Å². The smallest absolute Gasteiger partial charge is 0.224 e. The number of methoxy groups -OCH3 is 3. The van der Waals surface area contributed by atoms with E-state index in [9.17, 15) is 0 Å². The first kappa shape index (κ1) is 18.7. The van der Waals surface area contributed by atoms with Crippen LogP contribution < -0.4 is 15.6 Å². The van der Waals surface area contributed by atoms with Crippen molar-refractivity contribution in [2.45, 2.75) is 13.2 Å². The van der Waals surface area contributed by atoms with Crippen molar-refractivity contribution < 1.29 is 14.2 Å². The zero-order chi connectivity index (χ0) is 17.7. The van der Waals surface area contributed by atoms with Crippen LogP contribution >= 0.6 is 27.5 Å². The highest BCUT2D eigenvalue weighted by molar-refractivity contribution is 9.10. The predicted octanol–water partition coefficient (Wildman–Crippen LogP) is 3.94. The van der Waals surface area contributed by atoms with Gasteiger partial charge in [0.1, 0.15) is 5.75 Å². The van der Waals surface area contributed by atoms with Gasteiger partial charge in [0.05, 0.1) is 18.4 Å². The number of aromatic nitrogens is 2. The molecule has 2 rings (SSSR count). The van der Waals surface area contributed by atoms with Gasteiger partial charge in [-0.05, 0) is 36.2 Å². The Morgan fingerprint density at radius 2 is 1.88 bits per heavy atom. The summed E-state index contributed by atoms with van der Waals surface area (Å²) in [5, 5.41) is 0.105. The van der Waals surface area contributed by atoms with Gasteiger partial charge in [0.25, 0.3) is 0 Å². The highest BCUT2D eigenvalue weighted by Crippen LogP contribution is 2.32. The first-order chi connectivity index (χ1) is 11.5. The van der Waals surface area contributed by atoms with Gasteiger partial charge in [0, 0.05) is 24.9 Å². The summed E-state index contributed by atoms with van der Waals surface area (Å²) < 4.78 is 16.8. The molecule has 1 aromatic heterocycles. The quantitative estimate of drug-likeness (QED) is 0.401. The standard InChI is InChI=1S/C15H18BrClN4O3/c1-8-5-9(16)6-11(22-2)12(8)20-21-13-10(14(23-3)24-4)7-18-15(17)19-13/h5-7,14,20H,1-4H3,(H,18,19,21). The van der Waals surface area contributed by atoms with Crippen LogP contribution in [0.4, 0.5) is 11.5 Å². The summed E-state index contributed by atoms with van der Waals surface area (Å²) in [5.41, 5.74) is 8.46. The highest BCUT2D eigenvalue weighted by Gasteiger charge is 2.17. The summed E-state index contributed by atoms with van der Waals surface area (Å²) in [7, 11) is 4.66. The van der Waals surface area contributed by atoms with Gasteiger partial charge in [0.2, 0.25) is 5.28 Å². The van der Waals surface area contributed by atoms with Crippen molar-refractivity contribution in [3.05, 3.63) is 39.2 Å². The van der Waals surface area contributed by atoms with E-state index in [0.717, 1.165) is 15.7 Å². The molecule has 1 aromatic carbocycles. The molecule has 0 amide bonds. The van der Waals surface area contributed by atoms with Crippen LogP contribution in [-0.4, -0.2) is 31.3 Å². The van der Waals surface area contributed by atoms with Gasteiger partial charge in [-0.1, -0.05) is 15.9 Å². The number of hydrogen-bond donors (Lipinski definition) is 2. The summed E-state index contributed by atoms with van der Waals surface area (Å²) in [6.45, 7) is 1.96. The third-order valence-electron chi connectivity index (χ3n) is 3.26. The van der Waals surface area contributed by atoms with E-state index in [4.69, 9.17) is 25.8 Å². The molecule has 1 heterocycles. The maximum absolute atomic E-state index is 5.90. The molecule has 0 atom stereocenters. The molecule has 0 spiro atoms. The lowest BCUT2D eigenvalue weighted by Crippen LogP contribution is -2.17. The molecule has 0 saturated heterocycles. The summed E-state index contributed by atoms with van der Waals surface area (Å²) in [6.07, 6.45) is 0.919. The zero-order valence-electron chi connectivity index (χ0n) is 13.7. The number of hydrazine groups is 1. The van der Waals surface area contributed by atoms with Crippen LogP contribution in [0.3, 0.4) is 0 Å². The van der Waals surface area contributed by atoms with Crippen LogP contribution in [0, 0.1) is 6.92 Å². The van der Waals surface area contributed by atoms with E-state index in [-0.39, 0.29) is 5.28 Å². The second kappa shape index (κ2) is 8.48. The van der Waals surface area contributed by atoms with Crippen LogP contribution in [0.15, 0.2) is 22.8 Å². The number of anilines is 2. The molecule has 2 aromatic rings. The molecular formula is C15H18BrClN4O3. The van der Waals surface area contributed by atoms with Crippen molar-refractivity contribution in [1.29, 1.82) is 0 Å². The average Bonchev–Trinajstić information content (AvgIpc) is 2.56. The molecule has 0 aliphatic rings. The molecule has 0 bridgehead atoms. The number of nitrogens with one attached hydrogen (secondary N) is 2. The first-order valence-corrected chi connectivity index (χ1v) is 8.11. The second-order valence-electron chi connectivity index (χ2n) is 4.80. The lowest BCUT2D eigenvalue weighted by Gasteiger charge is -2.20. The van der Waals surface area contributed by atoms with E-state index in [1.54, 1.807) is 13.3 Å². The molecule has 0 aliphatic heterocycles. The van der Waals surface area contributed by atoms with Gasteiger partial charge in [-0.3, -0.25) is 10.9 Å². The average molecular weight is 418 g/mol. The van der Waals surface area contributed by atoms with E-state index in [1.807, 2.05) is 19.1 Å². The maximum atomic E-state index is 5.90. The fourth-order valence-electron chi connectivity index (χ4n) is 2.15. The number of hydrogen-bond acceptors (Lipinski definition) is 7. The minimum atomic E-state index is -0.625. The van der Waals surface area contributed by atoms with Crippen LogP contribution in [0.1, 0.15) is 17.4 Å². The zero-order valence-corrected chi connectivity index (χ0v) is 16.0. The van der Waals surface area contributed by atoms with E-state index < -0.39 is 6.29 Å². The minimum absolute atomic E-state index is 0.105. The third kappa shape index (κ3) is 4.27. The molecule has 0 aliphatic carbocycles. The largest absolute Gasteiger partial charge is 0.494 e. The van der Waals surface area contributed by atoms with Crippen LogP contribution in [-0.2, 0) is 9.47 Å². The Balaban J connectivity index is 2.31. The van der Waals surface area contributed by atoms with Gasteiger partial charge >= 0.3 is 0 Å².